The van der Waals surface area contributed by atoms with Crippen molar-refractivity contribution in [3.8, 4) is 0 Å². The molecule has 1 fully saturated rings. The standard InChI is InChI=1S/C20H25FN4O/c1-14(2)20-22-15(3)11-18(23-20)24-7-9-25(10-8-24)19(26)13-16-5-4-6-17(21)12-16/h4-6,11-12,14H,7-10,13H2,1-3H3. The van der Waals surface area contributed by atoms with E-state index in [9.17, 15) is 9.18 Å². The zero-order chi connectivity index (χ0) is 18.7. The Morgan fingerprint density at radius 1 is 1.15 bits per heavy atom. The molecule has 0 saturated carbocycles. The summed E-state index contributed by atoms with van der Waals surface area (Å²) in [5.74, 6) is 1.79. The van der Waals surface area contributed by atoms with Crippen LogP contribution in [0.1, 0.15) is 36.8 Å². The molecular weight excluding hydrogens is 331 g/mol. The molecule has 0 spiro atoms. The second kappa shape index (κ2) is 7.81. The fourth-order valence-electron chi connectivity index (χ4n) is 3.11. The molecule has 6 heteroatoms. The third-order valence-corrected chi connectivity index (χ3v) is 4.58. The number of halogens is 1. The smallest absolute Gasteiger partial charge is 0.227 e. The zero-order valence-corrected chi connectivity index (χ0v) is 15.6. The molecule has 1 aromatic carbocycles. The van der Waals surface area contributed by atoms with Crippen LogP contribution in [0.4, 0.5) is 10.2 Å². The fraction of sp³-hybridized carbons (Fsp3) is 0.450. The van der Waals surface area contributed by atoms with Crippen LogP contribution in [0.25, 0.3) is 0 Å². The highest BCUT2D eigenvalue weighted by Crippen LogP contribution is 2.19. The summed E-state index contributed by atoms with van der Waals surface area (Å²) >= 11 is 0. The summed E-state index contributed by atoms with van der Waals surface area (Å²) in [4.78, 5) is 25.7. The number of benzene rings is 1. The zero-order valence-electron chi connectivity index (χ0n) is 15.6. The number of aromatic nitrogens is 2. The van der Waals surface area contributed by atoms with Gasteiger partial charge in [-0.3, -0.25) is 4.79 Å². The van der Waals surface area contributed by atoms with Gasteiger partial charge in [0.15, 0.2) is 0 Å². The Kier molecular flexibility index (Phi) is 5.49. The lowest BCUT2D eigenvalue weighted by Crippen LogP contribution is -2.49. The highest BCUT2D eigenvalue weighted by atomic mass is 19.1. The summed E-state index contributed by atoms with van der Waals surface area (Å²) in [6.07, 6.45) is 0.238. The van der Waals surface area contributed by atoms with Gasteiger partial charge in [-0.2, -0.15) is 0 Å². The Morgan fingerprint density at radius 3 is 2.54 bits per heavy atom. The number of carbonyl (C=O) groups excluding carboxylic acids is 1. The van der Waals surface area contributed by atoms with Gasteiger partial charge in [-0.15, -0.1) is 0 Å². The molecule has 3 rings (SSSR count). The van der Waals surface area contributed by atoms with Gasteiger partial charge < -0.3 is 9.80 Å². The summed E-state index contributed by atoms with van der Waals surface area (Å²) in [6, 6.07) is 8.23. The van der Waals surface area contributed by atoms with Crippen molar-refractivity contribution in [2.45, 2.75) is 33.1 Å². The molecule has 1 saturated heterocycles. The minimum atomic E-state index is -0.305. The highest BCUT2D eigenvalue weighted by molar-refractivity contribution is 5.79. The van der Waals surface area contributed by atoms with Gasteiger partial charge >= 0.3 is 0 Å². The number of nitrogens with zero attached hydrogens (tertiary/aromatic N) is 4. The molecule has 2 aromatic rings. The first-order valence-corrected chi connectivity index (χ1v) is 9.05. The van der Waals surface area contributed by atoms with Gasteiger partial charge in [0.1, 0.15) is 17.5 Å². The van der Waals surface area contributed by atoms with Crippen LogP contribution in [0, 0.1) is 12.7 Å². The monoisotopic (exact) mass is 356 g/mol. The van der Waals surface area contributed by atoms with Gasteiger partial charge in [0, 0.05) is 43.9 Å². The molecule has 1 aromatic heterocycles. The molecule has 0 bridgehead atoms. The largest absolute Gasteiger partial charge is 0.353 e. The average molecular weight is 356 g/mol. The predicted octanol–water partition coefficient (Wildman–Crippen LogP) is 2.94. The molecular formula is C20H25FN4O. The van der Waals surface area contributed by atoms with Gasteiger partial charge in [-0.1, -0.05) is 26.0 Å². The van der Waals surface area contributed by atoms with Crippen molar-refractivity contribution in [2.24, 2.45) is 0 Å². The van der Waals surface area contributed by atoms with Crippen molar-refractivity contribution in [3.63, 3.8) is 0 Å². The Hall–Kier alpha value is -2.50. The lowest BCUT2D eigenvalue weighted by Gasteiger charge is -2.35. The van der Waals surface area contributed by atoms with Crippen molar-refractivity contribution in [2.75, 3.05) is 31.1 Å². The van der Waals surface area contributed by atoms with Crippen molar-refractivity contribution in [3.05, 3.63) is 53.2 Å². The van der Waals surface area contributed by atoms with Crippen LogP contribution < -0.4 is 4.90 Å². The van der Waals surface area contributed by atoms with E-state index in [1.165, 1.54) is 12.1 Å². The van der Waals surface area contributed by atoms with E-state index in [0.29, 0.717) is 18.7 Å². The number of anilines is 1. The van der Waals surface area contributed by atoms with E-state index in [1.54, 1.807) is 12.1 Å². The van der Waals surface area contributed by atoms with E-state index < -0.39 is 0 Å². The number of carbonyl (C=O) groups is 1. The number of rotatable bonds is 4. The van der Waals surface area contributed by atoms with Crippen LogP contribution in [-0.4, -0.2) is 47.0 Å². The molecule has 2 heterocycles. The van der Waals surface area contributed by atoms with Crippen LogP contribution in [0.5, 0.6) is 0 Å². The normalized spacial score (nSPS) is 14.8. The Bertz CT molecular complexity index is 785. The number of hydrogen-bond donors (Lipinski definition) is 0. The van der Waals surface area contributed by atoms with Crippen molar-refractivity contribution >= 4 is 11.7 Å². The van der Waals surface area contributed by atoms with Crippen LogP contribution in [0.15, 0.2) is 30.3 Å². The van der Waals surface area contributed by atoms with E-state index in [2.05, 4.69) is 28.7 Å². The molecule has 0 N–H and O–H groups in total. The van der Waals surface area contributed by atoms with Gasteiger partial charge in [0.25, 0.3) is 0 Å². The summed E-state index contributed by atoms with van der Waals surface area (Å²) in [5.41, 5.74) is 1.67. The van der Waals surface area contributed by atoms with Crippen LogP contribution >= 0.6 is 0 Å². The SMILES string of the molecule is Cc1cc(N2CCN(C(=O)Cc3cccc(F)c3)CC2)nc(C(C)C)n1. The first-order chi connectivity index (χ1) is 12.4. The van der Waals surface area contributed by atoms with Crippen LogP contribution in [0.2, 0.25) is 0 Å². The fourth-order valence-corrected chi connectivity index (χ4v) is 3.11. The number of aryl methyl sites for hydroxylation is 1. The van der Waals surface area contributed by atoms with Crippen LogP contribution in [0.3, 0.4) is 0 Å². The van der Waals surface area contributed by atoms with Gasteiger partial charge in [0.2, 0.25) is 5.91 Å². The molecule has 5 nitrogen and oxygen atoms in total. The van der Waals surface area contributed by atoms with Gasteiger partial charge in [0.05, 0.1) is 6.42 Å². The Labute approximate surface area is 153 Å². The maximum Gasteiger partial charge on any atom is 0.227 e. The number of piperazine rings is 1. The van der Waals surface area contributed by atoms with Crippen molar-refractivity contribution in [1.29, 1.82) is 0 Å². The highest BCUT2D eigenvalue weighted by Gasteiger charge is 2.23. The minimum absolute atomic E-state index is 0.0389. The molecule has 0 atom stereocenters. The van der Waals surface area contributed by atoms with E-state index in [-0.39, 0.29) is 24.1 Å². The lowest BCUT2D eigenvalue weighted by molar-refractivity contribution is -0.130. The first kappa shape index (κ1) is 18.3. The van der Waals surface area contributed by atoms with Gasteiger partial charge in [-0.05, 0) is 24.6 Å². The van der Waals surface area contributed by atoms with E-state index in [1.807, 2.05) is 17.9 Å². The Balaban J connectivity index is 1.61. The minimum Gasteiger partial charge on any atom is -0.353 e. The first-order valence-electron chi connectivity index (χ1n) is 9.05. The topological polar surface area (TPSA) is 49.3 Å². The predicted molar refractivity (Wildman–Crippen MR) is 99.8 cm³/mol. The molecule has 1 amide bonds. The molecule has 1 aliphatic heterocycles. The second-order valence-electron chi connectivity index (χ2n) is 7.05. The molecule has 138 valence electrons. The summed E-state index contributed by atoms with van der Waals surface area (Å²) < 4.78 is 13.3. The summed E-state index contributed by atoms with van der Waals surface area (Å²) in [7, 11) is 0. The summed E-state index contributed by atoms with van der Waals surface area (Å²) in [6.45, 7) is 8.92. The third kappa shape index (κ3) is 4.36. The van der Waals surface area contributed by atoms with Crippen molar-refractivity contribution in [1.82, 2.24) is 14.9 Å². The van der Waals surface area contributed by atoms with Gasteiger partial charge in [-0.25, -0.2) is 14.4 Å². The number of hydrogen-bond acceptors (Lipinski definition) is 4. The van der Waals surface area contributed by atoms with E-state index >= 15 is 0 Å². The van der Waals surface area contributed by atoms with Crippen LogP contribution in [-0.2, 0) is 11.2 Å². The molecule has 26 heavy (non-hydrogen) atoms. The summed E-state index contributed by atoms with van der Waals surface area (Å²) in [5, 5.41) is 0. The molecule has 0 aliphatic carbocycles. The second-order valence-corrected chi connectivity index (χ2v) is 7.05. The molecule has 0 radical (unpaired) electrons. The molecule has 1 aliphatic rings. The third-order valence-electron chi connectivity index (χ3n) is 4.58. The molecule has 0 unspecified atom stereocenters. The maximum absolute atomic E-state index is 13.3. The maximum atomic E-state index is 13.3. The van der Waals surface area contributed by atoms with E-state index in [4.69, 9.17) is 0 Å². The van der Waals surface area contributed by atoms with E-state index in [0.717, 1.165) is 30.4 Å². The lowest BCUT2D eigenvalue weighted by atomic mass is 10.1. The average Bonchev–Trinajstić information content (AvgIpc) is 2.61. The Morgan fingerprint density at radius 2 is 1.88 bits per heavy atom. The number of amides is 1. The quantitative estimate of drug-likeness (QED) is 0.845. The van der Waals surface area contributed by atoms with Crippen molar-refractivity contribution < 1.29 is 9.18 Å².